The number of carboxylic acids is 1. The number of halogens is 1. The summed E-state index contributed by atoms with van der Waals surface area (Å²) < 4.78 is 0.990. The number of aliphatic carboxylic acids is 1. The van der Waals surface area contributed by atoms with E-state index in [0.29, 0.717) is 0 Å². The van der Waals surface area contributed by atoms with Crippen molar-refractivity contribution in [2.75, 3.05) is 7.05 Å². The summed E-state index contributed by atoms with van der Waals surface area (Å²) in [5, 5.41) is 14.2. The van der Waals surface area contributed by atoms with Crippen molar-refractivity contribution in [2.45, 2.75) is 19.9 Å². The molecule has 0 fully saturated rings. The molecule has 2 N–H and O–H groups in total. The molecule has 0 aromatic carbocycles. The molecule has 1 aromatic heterocycles. The number of nitrogens with one attached hydrogen (secondary N) is 1. The second-order valence-corrected chi connectivity index (χ2v) is 5.77. The Morgan fingerprint density at radius 2 is 2.27 bits per heavy atom. The molecule has 1 aromatic rings. The molecule has 0 radical (unpaired) electrons. The molecule has 84 valence electrons. The summed E-state index contributed by atoms with van der Waals surface area (Å²) in [5.41, 5.74) is -0.820. The lowest BCUT2D eigenvalue weighted by Gasteiger charge is -2.29. The van der Waals surface area contributed by atoms with Crippen LogP contribution in [0.4, 0.5) is 0 Å². The van der Waals surface area contributed by atoms with Gasteiger partial charge in [0.1, 0.15) is 0 Å². The summed E-state index contributed by atoms with van der Waals surface area (Å²) >= 11 is 4.92. The molecular formula is C10H14BrNO2S. The molecule has 3 nitrogen and oxygen atoms in total. The Labute approximate surface area is 102 Å². The molecular weight excluding hydrogens is 278 g/mol. The van der Waals surface area contributed by atoms with Crippen molar-refractivity contribution < 1.29 is 9.90 Å². The molecule has 1 rings (SSSR count). The van der Waals surface area contributed by atoms with Crippen molar-refractivity contribution in [3.8, 4) is 0 Å². The second kappa shape index (κ2) is 4.63. The Bertz CT molecular complexity index is 362. The Balaban J connectivity index is 3.04. The highest BCUT2D eigenvalue weighted by atomic mass is 79.9. The molecule has 0 spiro atoms. The zero-order valence-electron chi connectivity index (χ0n) is 8.87. The summed E-state index contributed by atoms with van der Waals surface area (Å²) in [7, 11) is 1.78. The zero-order chi connectivity index (χ0) is 11.6. The van der Waals surface area contributed by atoms with Crippen LogP contribution in [-0.2, 0) is 4.79 Å². The largest absolute Gasteiger partial charge is 0.481 e. The summed E-state index contributed by atoms with van der Waals surface area (Å²) in [6.07, 6.45) is 0. The van der Waals surface area contributed by atoms with E-state index in [0.717, 1.165) is 9.35 Å². The Hall–Kier alpha value is -0.390. The van der Waals surface area contributed by atoms with E-state index in [9.17, 15) is 4.79 Å². The van der Waals surface area contributed by atoms with E-state index in [1.165, 1.54) is 0 Å². The first-order chi connectivity index (χ1) is 6.89. The minimum Gasteiger partial charge on any atom is -0.481 e. The lowest BCUT2D eigenvalue weighted by Crippen LogP contribution is -2.37. The monoisotopic (exact) mass is 291 g/mol. The standard InChI is InChI=1S/C10H14BrNO2S/c1-10(2,9(13)14)8(12-3)7-4-6(11)5-15-7/h4-5,8,12H,1-3H3,(H,13,14). The quantitative estimate of drug-likeness (QED) is 0.897. The van der Waals surface area contributed by atoms with Gasteiger partial charge in [-0.2, -0.15) is 0 Å². The predicted octanol–water partition coefficient (Wildman–Crippen LogP) is 2.88. The van der Waals surface area contributed by atoms with Crippen LogP contribution >= 0.6 is 27.3 Å². The first-order valence-corrected chi connectivity index (χ1v) is 6.21. The lowest BCUT2D eigenvalue weighted by molar-refractivity contribution is -0.148. The summed E-state index contributed by atoms with van der Waals surface area (Å²) in [6, 6.07) is 1.78. The summed E-state index contributed by atoms with van der Waals surface area (Å²) in [6.45, 7) is 3.45. The van der Waals surface area contributed by atoms with E-state index in [-0.39, 0.29) is 6.04 Å². The topological polar surface area (TPSA) is 49.3 Å². The molecule has 1 unspecified atom stereocenters. The molecule has 5 heteroatoms. The van der Waals surface area contributed by atoms with Gasteiger partial charge in [-0.15, -0.1) is 11.3 Å². The highest BCUT2D eigenvalue weighted by molar-refractivity contribution is 9.10. The van der Waals surface area contributed by atoms with Crippen LogP contribution in [-0.4, -0.2) is 18.1 Å². The minimum absolute atomic E-state index is 0.175. The highest BCUT2D eigenvalue weighted by Gasteiger charge is 2.37. The van der Waals surface area contributed by atoms with Crippen molar-refractivity contribution in [3.63, 3.8) is 0 Å². The first-order valence-electron chi connectivity index (χ1n) is 4.54. The molecule has 0 aliphatic rings. The van der Waals surface area contributed by atoms with Gasteiger partial charge in [0.05, 0.1) is 11.5 Å². The van der Waals surface area contributed by atoms with Gasteiger partial charge in [-0.05, 0) is 42.9 Å². The van der Waals surface area contributed by atoms with Crippen molar-refractivity contribution in [1.82, 2.24) is 5.32 Å². The van der Waals surface area contributed by atoms with E-state index in [1.807, 2.05) is 11.4 Å². The zero-order valence-corrected chi connectivity index (χ0v) is 11.3. The van der Waals surface area contributed by atoms with E-state index in [2.05, 4.69) is 21.2 Å². The fraction of sp³-hybridized carbons (Fsp3) is 0.500. The fourth-order valence-electron chi connectivity index (χ4n) is 1.46. The third-order valence-electron chi connectivity index (χ3n) is 2.43. The normalized spacial score (nSPS) is 13.9. The Morgan fingerprint density at radius 3 is 2.60 bits per heavy atom. The van der Waals surface area contributed by atoms with Gasteiger partial charge < -0.3 is 10.4 Å². The number of hydrogen-bond donors (Lipinski definition) is 2. The highest BCUT2D eigenvalue weighted by Crippen LogP contribution is 2.37. The van der Waals surface area contributed by atoms with E-state index in [4.69, 9.17) is 5.11 Å². The molecule has 0 bridgehead atoms. The van der Waals surface area contributed by atoms with Gasteiger partial charge in [-0.1, -0.05) is 0 Å². The SMILES string of the molecule is CNC(c1cc(Br)cs1)C(C)(C)C(=O)O. The van der Waals surface area contributed by atoms with Crippen molar-refractivity contribution in [3.05, 3.63) is 20.8 Å². The van der Waals surface area contributed by atoms with Crippen molar-refractivity contribution in [1.29, 1.82) is 0 Å². The van der Waals surface area contributed by atoms with Crippen LogP contribution in [0.5, 0.6) is 0 Å². The van der Waals surface area contributed by atoms with Gasteiger partial charge in [-0.3, -0.25) is 4.79 Å². The van der Waals surface area contributed by atoms with Crippen LogP contribution < -0.4 is 5.32 Å². The van der Waals surface area contributed by atoms with Crippen molar-refractivity contribution in [2.24, 2.45) is 5.41 Å². The molecule has 0 saturated carbocycles. The van der Waals surface area contributed by atoms with Crippen LogP contribution in [0.3, 0.4) is 0 Å². The third-order valence-corrected chi connectivity index (χ3v) is 4.19. The first kappa shape index (κ1) is 12.7. The number of rotatable bonds is 4. The maximum atomic E-state index is 11.2. The number of carboxylic acid groups (broad SMARTS) is 1. The predicted molar refractivity (Wildman–Crippen MR) is 65.2 cm³/mol. The van der Waals surface area contributed by atoms with Gasteiger partial charge in [-0.25, -0.2) is 0 Å². The molecule has 1 atom stereocenters. The smallest absolute Gasteiger partial charge is 0.311 e. The van der Waals surface area contributed by atoms with Gasteiger partial charge in [0.25, 0.3) is 0 Å². The van der Waals surface area contributed by atoms with E-state index in [1.54, 1.807) is 32.2 Å². The van der Waals surface area contributed by atoms with Gasteiger partial charge >= 0.3 is 5.97 Å². The molecule has 0 aliphatic carbocycles. The van der Waals surface area contributed by atoms with Crippen molar-refractivity contribution >= 4 is 33.2 Å². The summed E-state index contributed by atoms with van der Waals surface area (Å²) in [5.74, 6) is -0.800. The molecule has 15 heavy (non-hydrogen) atoms. The van der Waals surface area contributed by atoms with Crippen LogP contribution in [0, 0.1) is 5.41 Å². The van der Waals surface area contributed by atoms with Gasteiger partial charge in [0, 0.05) is 14.7 Å². The number of thiophene rings is 1. The number of carbonyl (C=O) groups is 1. The number of hydrogen-bond acceptors (Lipinski definition) is 3. The molecule has 1 heterocycles. The van der Waals surface area contributed by atoms with Gasteiger partial charge in [0.15, 0.2) is 0 Å². The Kier molecular flexibility index (Phi) is 3.92. The minimum atomic E-state index is -0.820. The van der Waals surface area contributed by atoms with Crippen LogP contribution in [0.25, 0.3) is 0 Å². The third kappa shape index (κ3) is 2.59. The lowest BCUT2D eigenvalue weighted by atomic mass is 9.83. The van der Waals surface area contributed by atoms with E-state index >= 15 is 0 Å². The average Bonchev–Trinajstić information content (AvgIpc) is 2.52. The second-order valence-electron chi connectivity index (χ2n) is 3.92. The summed E-state index contributed by atoms with van der Waals surface area (Å²) in [4.78, 5) is 12.2. The maximum absolute atomic E-state index is 11.2. The van der Waals surface area contributed by atoms with Crippen LogP contribution in [0.2, 0.25) is 0 Å². The van der Waals surface area contributed by atoms with E-state index < -0.39 is 11.4 Å². The maximum Gasteiger partial charge on any atom is 0.311 e. The molecule has 0 aliphatic heterocycles. The average molecular weight is 292 g/mol. The Morgan fingerprint density at radius 1 is 1.67 bits per heavy atom. The van der Waals surface area contributed by atoms with Gasteiger partial charge in [0.2, 0.25) is 0 Å². The van der Waals surface area contributed by atoms with Crippen LogP contribution in [0.15, 0.2) is 15.9 Å². The molecule has 0 saturated heterocycles. The fourth-order valence-corrected chi connectivity index (χ4v) is 3.20. The van der Waals surface area contributed by atoms with Crippen LogP contribution in [0.1, 0.15) is 24.8 Å². The molecule has 0 amide bonds.